The quantitative estimate of drug-likeness (QED) is 0.920. The van der Waals surface area contributed by atoms with Crippen molar-refractivity contribution in [3.8, 4) is 11.4 Å². The second kappa shape index (κ2) is 5.35. The first-order chi connectivity index (χ1) is 9.32. The Kier molecular flexibility index (Phi) is 3.93. The minimum Gasteiger partial charge on any atom is -0.370 e. The third-order valence-corrected chi connectivity index (χ3v) is 2.90. The van der Waals surface area contributed by atoms with E-state index in [2.05, 4.69) is 41.5 Å². The Morgan fingerprint density at radius 2 is 2.05 bits per heavy atom. The lowest BCUT2D eigenvalue weighted by Gasteiger charge is -2.11. The van der Waals surface area contributed by atoms with E-state index >= 15 is 0 Å². The Bertz CT molecular complexity index is 604. The molecule has 10 heteroatoms. The van der Waals surface area contributed by atoms with Gasteiger partial charge in [-0.2, -0.15) is 13.2 Å². The summed E-state index contributed by atoms with van der Waals surface area (Å²) < 4.78 is 40.1. The fourth-order valence-electron chi connectivity index (χ4n) is 1.57. The van der Waals surface area contributed by atoms with Crippen LogP contribution < -0.4 is 5.32 Å². The van der Waals surface area contributed by atoms with E-state index in [1.54, 1.807) is 14.0 Å². The van der Waals surface area contributed by atoms with Gasteiger partial charge in [0.1, 0.15) is 11.5 Å². The predicted octanol–water partition coefficient (Wildman–Crippen LogP) is 2.49. The van der Waals surface area contributed by atoms with Gasteiger partial charge >= 0.3 is 6.18 Å². The monoisotopic (exact) mass is 350 g/mol. The second-order valence-electron chi connectivity index (χ2n) is 3.84. The Hall–Kier alpha value is -1.71. The molecule has 2 aromatic rings. The first-order valence-corrected chi connectivity index (χ1v) is 6.38. The molecule has 1 N–H and O–H groups in total. The van der Waals surface area contributed by atoms with Crippen molar-refractivity contribution in [3.63, 3.8) is 0 Å². The van der Waals surface area contributed by atoms with Crippen LogP contribution in [0.15, 0.2) is 10.7 Å². The topological polar surface area (TPSA) is 68.5 Å². The summed E-state index contributed by atoms with van der Waals surface area (Å²) in [6.45, 7) is 2.20. The van der Waals surface area contributed by atoms with Gasteiger partial charge in [0.15, 0.2) is 4.60 Å². The minimum atomic E-state index is -4.63. The smallest absolute Gasteiger partial charge is 0.370 e. The second-order valence-corrected chi connectivity index (χ2v) is 4.59. The number of alkyl halides is 3. The third kappa shape index (κ3) is 2.89. The van der Waals surface area contributed by atoms with Gasteiger partial charge in [-0.15, -0.1) is 5.10 Å². The fraction of sp³-hybridized carbons (Fsp3) is 0.400. The molecule has 108 valence electrons. The average molecular weight is 351 g/mol. The Morgan fingerprint density at radius 1 is 1.35 bits per heavy atom. The SMILES string of the molecule is CCNc1cc(-c2c(Br)nnn2C)nc(C(F)(F)F)n1. The Balaban J connectivity index is 2.61. The van der Waals surface area contributed by atoms with Crippen molar-refractivity contribution in [2.45, 2.75) is 13.1 Å². The van der Waals surface area contributed by atoms with Crippen molar-refractivity contribution in [1.82, 2.24) is 25.0 Å². The van der Waals surface area contributed by atoms with Gasteiger partial charge in [-0.25, -0.2) is 14.6 Å². The lowest BCUT2D eigenvalue weighted by molar-refractivity contribution is -0.144. The summed E-state index contributed by atoms with van der Waals surface area (Å²) in [4.78, 5) is 7.00. The van der Waals surface area contributed by atoms with E-state index in [1.807, 2.05) is 0 Å². The van der Waals surface area contributed by atoms with Crippen LogP contribution in [-0.4, -0.2) is 31.5 Å². The Labute approximate surface area is 120 Å². The molecule has 0 spiro atoms. The van der Waals surface area contributed by atoms with Crippen molar-refractivity contribution in [2.75, 3.05) is 11.9 Å². The highest BCUT2D eigenvalue weighted by Crippen LogP contribution is 2.31. The molecule has 0 aliphatic carbocycles. The van der Waals surface area contributed by atoms with E-state index in [-0.39, 0.29) is 11.5 Å². The summed E-state index contributed by atoms with van der Waals surface area (Å²) >= 11 is 3.14. The van der Waals surface area contributed by atoms with Gasteiger partial charge in [0.2, 0.25) is 5.82 Å². The van der Waals surface area contributed by atoms with E-state index < -0.39 is 12.0 Å². The summed E-state index contributed by atoms with van der Waals surface area (Å²) in [5.41, 5.74) is 0.430. The van der Waals surface area contributed by atoms with Crippen LogP contribution >= 0.6 is 15.9 Å². The van der Waals surface area contributed by atoms with Crippen LogP contribution in [-0.2, 0) is 13.2 Å². The van der Waals surface area contributed by atoms with E-state index in [4.69, 9.17) is 0 Å². The van der Waals surface area contributed by atoms with Crippen LogP contribution in [0.2, 0.25) is 0 Å². The van der Waals surface area contributed by atoms with E-state index in [0.717, 1.165) is 0 Å². The molecule has 6 nitrogen and oxygen atoms in total. The lowest BCUT2D eigenvalue weighted by Crippen LogP contribution is -2.14. The number of halogens is 4. The third-order valence-electron chi connectivity index (χ3n) is 2.37. The summed E-state index contributed by atoms with van der Waals surface area (Å²) in [5, 5.41) is 10.2. The molecule has 0 amide bonds. The zero-order valence-electron chi connectivity index (χ0n) is 10.5. The molecule has 2 heterocycles. The first-order valence-electron chi connectivity index (χ1n) is 5.58. The zero-order chi connectivity index (χ0) is 14.9. The number of rotatable bonds is 3. The number of aryl methyl sites for hydroxylation is 1. The number of aromatic nitrogens is 5. The van der Waals surface area contributed by atoms with Crippen LogP contribution in [0.5, 0.6) is 0 Å². The first kappa shape index (κ1) is 14.7. The van der Waals surface area contributed by atoms with Crippen LogP contribution in [0.4, 0.5) is 19.0 Å². The molecule has 20 heavy (non-hydrogen) atoms. The van der Waals surface area contributed by atoms with Gasteiger partial charge in [-0.3, -0.25) is 0 Å². The molecule has 0 aromatic carbocycles. The summed E-state index contributed by atoms with van der Waals surface area (Å²) in [6, 6.07) is 1.42. The van der Waals surface area contributed by atoms with Gasteiger partial charge in [-0.1, -0.05) is 5.21 Å². The zero-order valence-corrected chi connectivity index (χ0v) is 12.1. The Morgan fingerprint density at radius 3 is 2.55 bits per heavy atom. The fourth-order valence-corrected chi connectivity index (χ4v) is 2.10. The van der Waals surface area contributed by atoms with E-state index in [1.165, 1.54) is 10.7 Å². The van der Waals surface area contributed by atoms with Crippen LogP contribution in [0, 0.1) is 0 Å². The van der Waals surface area contributed by atoms with Crippen LogP contribution in [0.25, 0.3) is 11.4 Å². The molecule has 0 aliphatic heterocycles. The molecule has 0 atom stereocenters. The molecule has 0 radical (unpaired) electrons. The molecule has 0 bridgehead atoms. The van der Waals surface area contributed by atoms with Crippen LogP contribution in [0.3, 0.4) is 0 Å². The van der Waals surface area contributed by atoms with Crippen molar-refractivity contribution in [3.05, 3.63) is 16.5 Å². The van der Waals surface area contributed by atoms with Crippen molar-refractivity contribution in [1.29, 1.82) is 0 Å². The van der Waals surface area contributed by atoms with Crippen molar-refractivity contribution >= 4 is 21.7 Å². The number of nitrogens with zero attached hydrogens (tertiary/aromatic N) is 5. The summed E-state index contributed by atoms with van der Waals surface area (Å²) in [5.74, 6) is -1.11. The molecule has 0 fully saturated rings. The van der Waals surface area contributed by atoms with Gasteiger partial charge in [0.05, 0.1) is 5.69 Å². The predicted molar refractivity (Wildman–Crippen MR) is 68.9 cm³/mol. The summed E-state index contributed by atoms with van der Waals surface area (Å²) in [7, 11) is 1.56. The highest BCUT2D eigenvalue weighted by molar-refractivity contribution is 9.10. The highest BCUT2D eigenvalue weighted by atomic mass is 79.9. The molecule has 0 saturated carbocycles. The molecule has 2 aromatic heterocycles. The molecular formula is C10H10BrF3N6. The van der Waals surface area contributed by atoms with Crippen LogP contribution in [0.1, 0.15) is 12.7 Å². The number of nitrogens with one attached hydrogen (secondary N) is 1. The van der Waals surface area contributed by atoms with Gasteiger partial charge in [0.25, 0.3) is 0 Å². The maximum Gasteiger partial charge on any atom is 0.451 e. The lowest BCUT2D eigenvalue weighted by atomic mass is 10.3. The van der Waals surface area contributed by atoms with Gasteiger partial charge in [0, 0.05) is 19.7 Å². The number of hydrogen-bond donors (Lipinski definition) is 1. The molecular weight excluding hydrogens is 341 g/mol. The maximum atomic E-state index is 12.8. The van der Waals surface area contributed by atoms with Gasteiger partial charge < -0.3 is 5.32 Å². The largest absolute Gasteiger partial charge is 0.451 e. The molecule has 0 saturated heterocycles. The summed E-state index contributed by atoms with van der Waals surface area (Å²) in [6.07, 6.45) is -4.63. The van der Waals surface area contributed by atoms with Gasteiger partial charge in [-0.05, 0) is 22.9 Å². The standard InChI is InChI=1S/C10H10BrF3N6/c1-3-15-6-4-5(7-8(11)18-19-20(7)2)16-9(17-6)10(12,13)14/h4H,3H2,1-2H3,(H,15,16,17). The molecule has 0 aliphatic rings. The van der Waals surface area contributed by atoms with Crippen molar-refractivity contribution < 1.29 is 13.2 Å². The maximum absolute atomic E-state index is 12.8. The molecule has 0 unspecified atom stereocenters. The highest BCUT2D eigenvalue weighted by Gasteiger charge is 2.36. The number of anilines is 1. The van der Waals surface area contributed by atoms with E-state index in [0.29, 0.717) is 16.8 Å². The minimum absolute atomic E-state index is 0.0858. The van der Waals surface area contributed by atoms with E-state index in [9.17, 15) is 13.2 Å². The van der Waals surface area contributed by atoms with Crippen molar-refractivity contribution in [2.24, 2.45) is 7.05 Å². The molecule has 2 rings (SSSR count). The number of hydrogen-bond acceptors (Lipinski definition) is 5. The average Bonchev–Trinajstić information content (AvgIpc) is 2.68. The normalized spacial score (nSPS) is 11.7.